The third-order valence-corrected chi connectivity index (χ3v) is 3.31. The molecule has 0 spiro atoms. The maximum atomic E-state index is 5.81. The Morgan fingerprint density at radius 1 is 1.26 bits per heavy atom. The first-order valence-corrected chi connectivity index (χ1v) is 6.92. The molecule has 0 bridgehead atoms. The predicted molar refractivity (Wildman–Crippen MR) is 92.0 cm³/mol. The lowest BCUT2D eigenvalue weighted by molar-refractivity contribution is 0.673. The zero-order valence-corrected chi connectivity index (χ0v) is 13.7. The molecule has 0 aromatic heterocycles. The van der Waals surface area contributed by atoms with Crippen molar-refractivity contribution in [1.82, 2.24) is 5.32 Å². The molecule has 4 heteroatoms. The molecule has 1 fully saturated rings. The maximum absolute atomic E-state index is 5.81. The quantitative estimate of drug-likeness (QED) is 0.334. The summed E-state index contributed by atoms with van der Waals surface area (Å²) < 4.78 is 0. The van der Waals surface area contributed by atoms with Crippen LogP contribution in [0.2, 0.25) is 0 Å². The normalized spacial score (nSPS) is 14.8. The van der Waals surface area contributed by atoms with E-state index in [2.05, 4.69) is 34.6 Å². The molecule has 0 unspecified atom stereocenters. The Labute approximate surface area is 133 Å². The van der Waals surface area contributed by atoms with E-state index in [1.165, 1.54) is 31.2 Å². The fraction of sp³-hybridized carbons (Fsp3) is 0.533. The average molecular weight is 373 g/mol. The first-order chi connectivity index (χ1) is 8.84. The second kappa shape index (κ2) is 9.18. The van der Waals surface area contributed by atoms with E-state index in [9.17, 15) is 0 Å². The van der Waals surface area contributed by atoms with Crippen molar-refractivity contribution in [3.8, 4) is 0 Å². The Bertz CT molecular complexity index is 374. The van der Waals surface area contributed by atoms with Crippen molar-refractivity contribution in [1.29, 1.82) is 0 Å². The first-order valence-electron chi connectivity index (χ1n) is 6.92. The number of hydrogen-bond acceptors (Lipinski definition) is 1. The lowest BCUT2D eigenvalue weighted by atomic mass is 10.1. The fourth-order valence-electron chi connectivity index (χ4n) is 2.02. The van der Waals surface area contributed by atoms with Crippen molar-refractivity contribution in [3.05, 3.63) is 35.9 Å². The van der Waals surface area contributed by atoms with Gasteiger partial charge in [0.2, 0.25) is 0 Å². The van der Waals surface area contributed by atoms with Crippen LogP contribution in [0.3, 0.4) is 0 Å². The number of aliphatic imine (C=N–C) groups is 1. The monoisotopic (exact) mass is 373 g/mol. The van der Waals surface area contributed by atoms with Crippen molar-refractivity contribution < 1.29 is 0 Å². The highest BCUT2D eigenvalue weighted by atomic mass is 127. The van der Waals surface area contributed by atoms with Gasteiger partial charge < -0.3 is 11.1 Å². The van der Waals surface area contributed by atoms with Crippen LogP contribution in [0.15, 0.2) is 35.3 Å². The van der Waals surface area contributed by atoms with E-state index >= 15 is 0 Å². The molecule has 1 aromatic carbocycles. The molecule has 1 aliphatic carbocycles. The molecule has 0 atom stereocenters. The highest BCUT2D eigenvalue weighted by Gasteiger charge is 2.19. The molecular weight excluding hydrogens is 349 g/mol. The Hall–Kier alpha value is -0.780. The Balaban J connectivity index is 0.00000180. The minimum Gasteiger partial charge on any atom is -0.370 e. The molecule has 2 rings (SSSR count). The molecule has 1 saturated carbocycles. The van der Waals surface area contributed by atoms with E-state index in [1.807, 2.05) is 6.07 Å². The number of benzene rings is 1. The van der Waals surface area contributed by atoms with Gasteiger partial charge in [-0.25, -0.2) is 0 Å². The Morgan fingerprint density at radius 3 is 2.68 bits per heavy atom. The summed E-state index contributed by atoms with van der Waals surface area (Å²) in [5.41, 5.74) is 7.13. The van der Waals surface area contributed by atoms with Crippen LogP contribution in [0.25, 0.3) is 0 Å². The maximum Gasteiger partial charge on any atom is 0.188 e. The molecular formula is C15H24IN3. The largest absolute Gasteiger partial charge is 0.370 e. The van der Waals surface area contributed by atoms with Crippen LogP contribution >= 0.6 is 24.0 Å². The molecule has 0 saturated heterocycles. The van der Waals surface area contributed by atoms with Crippen LogP contribution in [0, 0.1) is 5.92 Å². The zero-order valence-electron chi connectivity index (χ0n) is 11.3. The molecule has 0 aliphatic heterocycles. The summed E-state index contributed by atoms with van der Waals surface area (Å²) in [5.74, 6) is 1.58. The summed E-state index contributed by atoms with van der Waals surface area (Å²) in [4.78, 5) is 4.34. The Kier molecular flexibility index (Phi) is 7.86. The Morgan fingerprint density at radius 2 is 2.00 bits per heavy atom. The van der Waals surface area contributed by atoms with Gasteiger partial charge in [0.15, 0.2) is 5.96 Å². The fourth-order valence-corrected chi connectivity index (χ4v) is 2.02. The van der Waals surface area contributed by atoms with E-state index in [4.69, 9.17) is 5.73 Å². The van der Waals surface area contributed by atoms with Crippen LogP contribution in [-0.4, -0.2) is 19.0 Å². The van der Waals surface area contributed by atoms with E-state index in [1.54, 1.807) is 0 Å². The third-order valence-electron chi connectivity index (χ3n) is 3.31. The first kappa shape index (κ1) is 16.3. The molecule has 3 N–H and O–H groups in total. The van der Waals surface area contributed by atoms with E-state index in [-0.39, 0.29) is 24.0 Å². The van der Waals surface area contributed by atoms with Gasteiger partial charge in [0.05, 0.1) is 0 Å². The highest BCUT2D eigenvalue weighted by Crippen LogP contribution is 2.33. The molecule has 0 radical (unpaired) electrons. The minimum atomic E-state index is 0. The summed E-state index contributed by atoms with van der Waals surface area (Å²) in [6.45, 7) is 1.71. The summed E-state index contributed by atoms with van der Waals surface area (Å²) in [5, 5.41) is 3.16. The molecule has 0 amide bonds. The number of nitrogens with one attached hydrogen (secondary N) is 1. The third kappa shape index (κ3) is 7.40. The van der Waals surface area contributed by atoms with Gasteiger partial charge in [0.1, 0.15) is 0 Å². The van der Waals surface area contributed by atoms with Gasteiger partial charge in [-0.2, -0.15) is 0 Å². The molecule has 1 aliphatic rings. The van der Waals surface area contributed by atoms with Gasteiger partial charge in [0.25, 0.3) is 0 Å². The zero-order chi connectivity index (χ0) is 12.6. The van der Waals surface area contributed by atoms with Crippen LogP contribution in [0.5, 0.6) is 0 Å². The number of hydrogen-bond donors (Lipinski definition) is 2. The number of nitrogens with two attached hydrogens (primary N) is 1. The lowest BCUT2D eigenvalue weighted by Gasteiger charge is -2.05. The van der Waals surface area contributed by atoms with Crippen molar-refractivity contribution >= 4 is 29.9 Å². The van der Waals surface area contributed by atoms with Gasteiger partial charge >= 0.3 is 0 Å². The second-order valence-corrected chi connectivity index (χ2v) is 5.01. The molecule has 3 nitrogen and oxygen atoms in total. The summed E-state index contributed by atoms with van der Waals surface area (Å²) >= 11 is 0. The number of rotatable bonds is 7. The van der Waals surface area contributed by atoms with E-state index in [0.717, 1.165) is 25.4 Å². The molecule has 1 aromatic rings. The smallest absolute Gasteiger partial charge is 0.188 e. The van der Waals surface area contributed by atoms with Gasteiger partial charge in [-0.05, 0) is 30.7 Å². The van der Waals surface area contributed by atoms with Crippen LogP contribution < -0.4 is 11.1 Å². The molecule has 0 heterocycles. The van der Waals surface area contributed by atoms with Crippen molar-refractivity contribution in [2.75, 3.05) is 13.1 Å². The van der Waals surface area contributed by atoms with Crippen LogP contribution in [0.1, 0.15) is 31.2 Å². The van der Waals surface area contributed by atoms with Crippen molar-refractivity contribution in [3.63, 3.8) is 0 Å². The number of halogens is 1. The van der Waals surface area contributed by atoms with Crippen LogP contribution in [0.4, 0.5) is 0 Å². The summed E-state index contributed by atoms with van der Waals surface area (Å²) in [6.07, 6.45) is 6.33. The average Bonchev–Trinajstić information content (AvgIpc) is 3.20. The van der Waals surface area contributed by atoms with Gasteiger partial charge in [0, 0.05) is 13.1 Å². The van der Waals surface area contributed by atoms with Crippen molar-refractivity contribution in [2.24, 2.45) is 16.6 Å². The standard InChI is InChI=1S/C15H23N3.HI/c16-15(17-11-4-7-14-8-9-14)18-12-10-13-5-2-1-3-6-13;/h1-3,5-6,14H,4,7-12H2,(H3,16,17,18);1H. The SMILES string of the molecule is I.NC(=NCCCC1CC1)NCCc1ccccc1. The van der Waals surface area contributed by atoms with E-state index in [0.29, 0.717) is 5.96 Å². The van der Waals surface area contributed by atoms with Crippen LogP contribution in [-0.2, 0) is 6.42 Å². The van der Waals surface area contributed by atoms with Gasteiger partial charge in [-0.3, -0.25) is 4.99 Å². The lowest BCUT2D eigenvalue weighted by Crippen LogP contribution is -2.33. The summed E-state index contributed by atoms with van der Waals surface area (Å²) in [6, 6.07) is 10.4. The van der Waals surface area contributed by atoms with E-state index < -0.39 is 0 Å². The molecule has 106 valence electrons. The molecule has 19 heavy (non-hydrogen) atoms. The predicted octanol–water partition coefficient (Wildman–Crippen LogP) is 2.94. The minimum absolute atomic E-state index is 0. The van der Waals surface area contributed by atoms with Gasteiger partial charge in [-0.1, -0.05) is 43.2 Å². The second-order valence-electron chi connectivity index (χ2n) is 5.01. The van der Waals surface area contributed by atoms with Gasteiger partial charge in [-0.15, -0.1) is 24.0 Å². The number of nitrogens with zero attached hydrogens (tertiary/aromatic N) is 1. The number of guanidine groups is 1. The topological polar surface area (TPSA) is 50.4 Å². The van der Waals surface area contributed by atoms with Crippen molar-refractivity contribution in [2.45, 2.75) is 32.1 Å². The highest BCUT2D eigenvalue weighted by molar-refractivity contribution is 14.0. The summed E-state index contributed by atoms with van der Waals surface area (Å²) in [7, 11) is 0.